The predicted molar refractivity (Wildman–Crippen MR) is 147 cm³/mol. The lowest BCUT2D eigenvalue weighted by Gasteiger charge is -2.50. The Morgan fingerprint density at radius 2 is 1.92 bits per heavy atom. The van der Waals surface area contributed by atoms with Crippen molar-refractivity contribution in [3.05, 3.63) is 59.2 Å². The van der Waals surface area contributed by atoms with Gasteiger partial charge in [0.1, 0.15) is 23.6 Å². The van der Waals surface area contributed by atoms with Crippen molar-refractivity contribution in [3.63, 3.8) is 0 Å². The molecule has 1 amide bonds. The van der Waals surface area contributed by atoms with Crippen molar-refractivity contribution in [1.29, 1.82) is 0 Å². The van der Waals surface area contributed by atoms with Gasteiger partial charge in [-0.3, -0.25) is 9.59 Å². The molecule has 2 aromatic rings. The SMILES string of the molecule is COc1ccccc1CN(CC(=O)O)C(=O)c1ccc2c(c1)[C@@H]1O[C@H](C)CC[C@H]1[C@](C)(CCCC(C)(C)O)O2. The first-order chi connectivity index (χ1) is 18.4. The summed E-state index contributed by atoms with van der Waals surface area (Å²) in [4.78, 5) is 26.7. The van der Waals surface area contributed by atoms with Gasteiger partial charge in [0.25, 0.3) is 5.91 Å². The second kappa shape index (κ2) is 11.6. The zero-order valence-electron chi connectivity index (χ0n) is 23.6. The molecule has 2 aliphatic rings. The monoisotopic (exact) mass is 539 g/mol. The zero-order chi connectivity index (χ0) is 28.4. The zero-order valence-corrected chi connectivity index (χ0v) is 23.6. The Bertz CT molecular complexity index is 1190. The van der Waals surface area contributed by atoms with Crippen LogP contribution in [0.1, 0.15) is 87.4 Å². The van der Waals surface area contributed by atoms with Crippen molar-refractivity contribution >= 4 is 11.9 Å². The van der Waals surface area contributed by atoms with Gasteiger partial charge in [0, 0.05) is 22.6 Å². The highest BCUT2D eigenvalue weighted by molar-refractivity contribution is 5.96. The van der Waals surface area contributed by atoms with Gasteiger partial charge in [-0.2, -0.15) is 0 Å². The highest BCUT2D eigenvalue weighted by Crippen LogP contribution is 2.52. The van der Waals surface area contributed by atoms with Crippen LogP contribution in [0.5, 0.6) is 11.5 Å². The lowest BCUT2D eigenvalue weighted by Crippen LogP contribution is -2.50. The summed E-state index contributed by atoms with van der Waals surface area (Å²) in [5, 5.41) is 19.8. The molecule has 8 nitrogen and oxygen atoms in total. The highest BCUT2D eigenvalue weighted by atomic mass is 16.5. The largest absolute Gasteiger partial charge is 0.496 e. The Morgan fingerprint density at radius 3 is 2.62 bits per heavy atom. The summed E-state index contributed by atoms with van der Waals surface area (Å²) >= 11 is 0. The van der Waals surface area contributed by atoms with E-state index >= 15 is 0 Å². The van der Waals surface area contributed by atoms with Crippen LogP contribution in [0.4, 0.5) is 0 Å². The summed E-state index contributed by atoms with van der Waals surface area (Å²) in [6.07, 6.45) is 3.96. The Morgan fingerprint density at radius 1 is 1.18 bits per heavy atom. The minimum absolute atomic E-state index is 0.0752. The molecule has 0 saturated carbocycles. The molecule has 0 aliphatic carbocycles. The number of aliphatic carboxylic acids is 1. The van der Waals surface area contributed by atoms with Gasteiger partial charge in [-0.1, -0.05) is 18.2 Å². The van der Waals surface area contributed by atoms with E-state index in [-0.39, 0.29) is 30.6 Å². The summed E-state index contributed by atoms with van der Waals surface area (Å²) in [6, 6.07) is 12.6. The molecule has 2 aliphatic heterocycles. The van der Waals surface area contributed by atoms with E-state index in [1.165, 1.54) is 4.90 Å². The predicted octanol–water partition coefficient (Wildman–Crippen LogP) is 5.37. The van der Waals surface area contributed by atoms with Gasteiger partial charge in [-0.15, -0.1) is 0 Å². The second-order valence-corrected chi connectivity index (χ2v) is 11.8. The number of aliphatic hydroxyl groups is 1. The van der Waals surface area contributed by atoms with Crippen LogP contribution in [-0.4, -0.2) is 58.0 Å². The third-order valence-electron chi connectivity index (χ3n) is 7.95. The molecule has 2 heterocycles. The Hall–Kier alpha value is -3.10. The van der Waals surface area contributed by atoms with E-state index in [1.54, 1.807) is 31.4 Å². The van der Waals surface area contributed by atoms with Gasteiger partial charge in [0.05, 0.1) is 31.5 Å². The van der Waals surface area contributed by atoms with Gasteiger partial charge in [0.15, 0.2) is 0 Å². The summed E-state index contributed by atoms with van der Waals surface area (Å²) in [5.74, 6) is -0.106. The number of hydrogen-bond donors (Lipinski definition) is 2. The molecule has 0 aromatic heterocycles. The van der Waals surface area contributed by atoms with E-state index in [2.05, 4.69) is 13.8 Å². The number of amides is 1. The van der Waals surface area contributed by atoms with Gasteiger partial charge in [-0.25, -0.2) is 0 Å². The molecule has 8 heteroatoms. The first-order valence-corrected chi connectivity index (χ1v) is 13.7. The maximum absolute atomic E-state index is 13.7. The summed E-state index contributed by atoms with van der Waals surface area (Å²) < 4.78 is 18.5. The maximum Gasteiger partial charge on any atom is 0.323 e. The fourth-order valence-electron chi connectivity index (χ4n) is 5.91. The van der Waals surface area contributed by atoms with Crippen LogP contribution in [0.3, 0.4) is 0 Å². The van der Waals surface area contributed by atoms with Gasteiger partial charge in [-0.05, 0) is 84.1 Å². The van der Waals surface area contributed by atoms with E-state index in [0.717, 1.165) is 36.8 Å². The molecule has 1 fully saturated rings. The minimum atomic E-state index is -1.09. The fraction of sp³-hybridized carbons (Fsp3) is 0.548. The number of ether oxygens (including phenoxy) is 3. The number of carboxylic acids is 1. The number of benzene rings is 2. The van der Waals surface area contributed by atoms with E-state index < -0.39 is 23.7 Å². The van der Waals surface area contributed by atoms with Crippen molar-refractivity contribution in [2.75, 3.05) is 13.7 Å². The third-order valence-corrected chi connectivity index (χ3v) is 7.95. The molecule has 0 spiro atoms. The van der Waals surface area contributed by atoms with Crippen LogP contribution in [0.2, 0.25) is 0 Å². The Kier molecular flexibility index (Phi) is 8.57. The first-order valence-electron chi connectivity index (χ1n) is 13.7. The van der Waals surface area contributed by atoms with Crippen molar-refractivity contribution in [1.82, 2.24) is 4.90 Å². The third kappa shape index (κ3) is 6.73. The highest BCUT2D eigenvalue weighted by Gasteiger charge is 2.49. The lowest BCUT2D eigenvalue weighted by molar-refractivity contribution is -0.153. The topological polar surface area (TPSA) is 106 Å². The molecule has 39 heavy (non-hydrogen) atoms. The van der Waals surface area contributed by atoms with Crippen molar-refractivity contribution < 1.29 is 34.0 Å². The molecule has 0 radical (unpaired) electrons. The van der Waals surface area contributed by atoms with Crippen molar-refractivity contribution in [2.45, 2.75) is 89.8 Å². The van der Waals surface area contributed by atoms with Crippen LogP contribution in [0, 0.1) is 5.92 Å². The summed E-state index contributed by atoms with van der Waals surface area (Å²) in [6.45, 7) is 7.48. The Labute approximate surface area is 230 Å². The Balaban J connectivity index is 1.63. The smallest absolute Gasteiger partial charge is 0.323 e. The summed E-state index contributed by atoms with van der Waals surface area (Å²) in [7, 11) is 1.55. The number of carbonyl (C=O) groups is 2. The molecule has 1 saturated heterocycles. The average Bonchev–Trinajstić information content (AvgIpc) is 2.87. The number of carbonyl (C=O) groups excluding carboxylic acids is 1. The number of methoxy groups -OCH3 is 1. The normalized spacial score (nSPS) is 24.2. The van der Waals surface area contributed by atoms with Crippen LogP contribution < -0.4 is 9.47 Å². The van der Waals surface area contributed by atoms with E-state index in [0.29, 0.717) is 23.5 Å². The van der Waals surface area contributed by atoms with Crippen LogP contribution in [0.15, 0.2) is 42.5 Å². The van der Waals surface area contributed by atoms with E-state index in [1.807, 2.05) is 32.0 Å². The maximum atomic E-state index is 13.7. The van der Waals surface area contributed by atoms with Gasteiger partial charge < -0.3 is 29.3 Å². The molecule has 0 unspecified atom stereocenters. The number of hydrogen-bond acceptors (Lipinski definition) is 6. The number of para-hydroxylation sites is 1. The minimum Gasteiger partial charge on any atom is -0.496 e. The number of nitrogens with zero attached hydrogens (tertiary/aromatic N) is 1. The lowest BCUT2D eigenvalue weighted by atomic mass is 9.72. The first kappa shape index (κ1) is 28.9. The molecular weight excluding hydrogens is 498 g/mol. The van der Waals surface area contributed by atoms with Crippen LogP contribution in [-0.2, 0) is 16.1 Å². The van der Waals surface area contributed by atoms with E-state index in [9.17, 15) is 19.8 Å². The second-order valence-electron chi connectivity index (χ2n) is 11.8. The molecule has 4 rings (SSSR count). The van der Waals surface area contributed by atoms with Crippen molar-refractivity contribution in [2.24, 2.45) is 5.92 Å². The molecule has 4 atom stereocenters. The number of rotatable bonds is 10. The standard InChI is InChI=1S/C31H41NO7/c1-20-11-13-24-28(38-20)23-17-21(12-14-26(23)39-31(24,4)16-8-15-30(2,3)36)29(35)32(19-27(33)34)18-22-9-6-7-10-25(22)37-5/h6-7,9-10,12,14,17,20,24,28,36H,8,11,13,15-16,18-19H2,1-5H3,(H,33,34)/t20-,24-,28+,31+/m1/s1. The number of carboxylic acid groups (broad SMARTS) is 1. The molecule has 2 N–H and O–H groups in total. The molecular formula is C31H41NO7. The quantitative estimate of drug-likeness (QED) is 0.418. The molecule has 212 valence electrons. The molecule has 0 bridgehead atoms. The molecule has 2 aromatic carbocycles. The van der Waals surface area contributed by atoms with Crippen molar-refractivity contribution in [3.8, 4) is 11.5 Å². The fourth-order valence-corrected chi connectivity index (χ4v) is 5.91. The van der Waals surface area contributed by atoms with Crippen LogP contribution >= 0.6 is 0 Å². The van der Waals surface area contributed by atoms with Crippen LogP contribution in [0.25, 0.3) is 0 Å². The van der Waals surface area contributed by atoms with Gasteiger partial charge >= 0.3 is 5.97 Å². The van der Waals surface area contributed by atoms with Gasteiger partial charge in [0.2, 0.25) is 0 Å². The average molecular weight is 540 g/mol. The van der Waals surface area contributed by atoms with E-state index in [4.69, 9.17) is 14.2 Å². The number of fused-ring (bicyclic) bond motifs is 3. The summed E-state index contributed by atoms with van der Waals surface area (Å²) in [5.41, 5.74) is 0.737.